The van der Waals surface area contributed by atoms with Gasteiger partial charge in [-0.15, -0.1) is 17.7 Å². The van der Waals surface area contributed by atoms with Crippen molar-refractivity contribution in [3.05, 3.63) is 184 Å². The van der Waals surface area contributed by atoms with Crippen molar-refractivity contribution in [2.45, 2.75) is 85.5 Å². The van der Waals surface area contributed by atoms with E-state index >= 15 is 0 Å². The molecular formula is C52H49N5Pt. The van der Waals surface area contributed by atoms with Crippen molar-refractivity contribution in [2.75, 3.05) is 0 Å². The molecule has 0 aliphatic heterocycles. The molecule has 0 saturated carbocycles. The topological polar surface area (TPSA) is 48.0 Å². The molecule has 0 N–H and O–H groups in total. The van der Waals surface area contributed by atoms with Crippen LogP contribution in [0.25, 0.3) is 44.8 Å². The van der Waals surface area contributed by atoms with E-state index in [1.807, 2.05) is 6.20 Å². The van der Waals surface area contributed by atoms with Crippen molar-refractivity contribution < 1.29 is 21.1 Å². The SMILES string of the molecule is Cc1nn(-c2[c-]c(C3(c4[c-]c(-c5cc(C(C)(C)C)ccn5)c5nc(C)c(C)n5c4)c4ccccc4-c4ccccc43)cc(C(C)(C)C)c2)c(C)c1-c1ccccc1.[Pt+2]. The molecule has 0 fully saturated rings. The summed E-state index contributed by atoms with van der Waals surface area (Å²) >= 11 is 0. The van der Waals surface area contributed by atoms with E-state index in [-0.39, 0.29) is 31.9 Å². The van der Waals surface area contributed by atoms with Gasteiger partial charge in [-0.05, 0) is 89.4 Å². The number of nitrogens with zero attached hydrogens (tertiary/aromatic N) is 5. The molecule has 1 aliphatic rings. The van der Waals surface area contributed by atoms with Gasteiger partial charge in [0.25, 0.3) is 0 Å². The third-order valence-corrected chi connectivity index (χ3v) is 12.1. The van der Waals surface area contributed by atoms with Crippen molar-refractivity contribution in [3.63, 3.8) is 0 Å². The third-order valence-electron chi connectivity index (χ3n) is 12.1. The second-order valence-electron chi connectivity index (χ2n) is 17.8. The zero-order chi connectivity index (χ0) is 40.0. The van der Waals surface area contributed by atoms with E-state index in [0.717, 1.165) is 67.6 Å². The van der Waals surface area contributed by atoms with Gasteiger partial charge in [0.2, 0.25) is 0 Å². The first-order valence-corrected chi connectivity index (χ1v) is 20.0. The number of pyridine rings is 2. The zero-order valence-corrected chi connectivity index (χ0v) is 37.3. The van der Waals surface area contributed by atoms with Gasteiger partial charge in [0, 0.05) is 34.3 Å². The van der Waals surface area contributed by atoms with Crippen LogP contribution in [-0.4, -0.2) is 24.1 Å². The fourth-order valence-corrected chi connectivity index (χ4v) is 8.88. The number of aryl methyl sites for hydroxylation is 3. The fourth-order valence-electron chi connectivity index (χ4n) is 8.88. The Bertz CT molecular complexity index is 2820. The first kappa shape index (κ1) is 39.4. The second-order valence-corrected chi connectivity index (χ2v) is 17.8. The molecule has 5 nitrogen and oxygen atoms in total. The van der Waals surface area contributed by atoms with E-state index in [1.54, 1.807) is 0 Å². The molecule has 4 aromatic heterocycles. The molecule has 0 bridgehead atoms. The van der Waals surface area contributed by atoms with Gasteiger partial charge in [0.05, 0.1) is 11.3 Å². The van der Waals surface area contributed by atoms with E-state index in [4.69, 9.17) is 15.1 Å². The van der Waals surface area contributed by atoms with Crippen LogP contribution in [0.4, 0.5) is 0 Å². The normalized spacial score (nSPS) is 13.3. The van der Waals surface area contributed by atoms with E-state index in [2.05, 4.69) is 200 Å². The molecule has 4 aromatic carbocycles. The third kappa shape index (κ3) is 6.13. The molecule has 6 heteroatoms. The summed E-state index contributed by atoms with van der Waals surface area (Å²) in [6.07, 6.45) is 4.20. The Kier molecular flexibility index (Phi) is 9.64. The van der Waals surface area contributed by atoms with Gasteiger partial charge in [-0.2, -0.15) is 22.8 Å². The first-order chi connectivity index (χ1) is 27.2. The van der Waals surface area contributed by atoms with Crippen LogP contribution in [0.1, 0.15) is 97.7 Å². The van der Waals surface area contributed by atoms with Crippen LogP contribution >= 0.6 is 0 Å². The summed E-state index contributed by atoms with van der Waals surface area (Å²) in [5.41, 5.74) is 18.2. The van der Waals surface area contributed by atoms with Crippen molar-refractivity contribution in [1.29, 1.82) is 0 Å². The Morgan fingerprint density at radius 1 is 0.621 bits per heavy atom. The van der Waals surface area contributed by atoms with Gasteiger partial charge < -0.3 is 9.38 Å². The molecule has 0 spiro atoms. The average Bonchev–Trinajstić information content (AvgIpc) is 3.79. The largest absolute Gasteiger partial charge is 2.00 e. The van der Waals surface area contributed by atoms with Gasteiger partial charge in [-0.3, -0.25) is 9.67 Å². The molecule has 0 radical (unpaired) electrons. The molecule has 0 atom stereocenters. The quantitative estimate of drug-likeness (QED) is 0.162. The first-order valence-electron chi connectivity index (χ1n) is 20.0. The molecule has 58 heavy (non-hydrogen) atoms. The van der Waals surface area contributed by atoms with Crippen LogP contribution in [0.15, 0.2) is 116 Å². The van der Waals surface area contributed by atoms with Gasteiger partial charge >= 0.3 is 21.1 Å². The monoisotopic (exact) mass is 938 g/mol. The number of rotatable bonds is 5. The second kappa shape index (κ2) is 14.2. The van der Waals surface area contributed by atoms with Crippen LogP contribution in [0, 0.1) is 39.8 Å². The van der Waals surface area contributed by atoms with Crippen LogP contribution in [-0.2, 0) is 37.3 Å². The number of fused-ring (bicyclic) bond motifs is 4. The van der Waals surface area contributed by atoms with Crippen molar-refractivity contribution >= 4 is 5.65 Å². The number of hydrogen-bond acceptors (Lipinski definition) is 3. The van der Waals surface area contributed by atoms with E-state index in [9.17, 15) is 0 Å². The van der Waals surface area contributed by atoms with Crippen molar-refractivity contribution in [1.82, 2.24) is 24.1 Å². The predicted molar refractivity (Wildman–Crippen MR) is 232 cm³/mol. The molecule has 9 rings (SSSR count). The van der Waals surface area contributed by atoms with Crippen LogP contribution < -0.4 is 0 Å². The van der Waals surface area contributed by atoms with Crippen LogP contribution in [0.2, 0.25) is 0 Å². The van der Waals surface area contributed by atoms with Gasteiger partial charge in [-0.1, -0.05) is 144 Å². The summed E-state index contributed by atoms with van der Waals surface area (Å²) in [4.78, 5) is 10.2. The average molecular weight is 939 g/mol. The number of aromatic nitrogens is 5. The van der Waals surface area contributed by atoms with Crippen LogP contribution in [0.5, 0.6) is 0 Å². The molecule has 8 aromatic rings. The minimum Gasteiger partial charge on any atom is -0.385 e. The Hall–Kier alpha value is -5.38. The van der Waals surface area contributed by atoms with Gasteiger partial charge in [0.1, 0.15) is 0 Å². The summed E-state index contributed by atoms with van der Waals surface area (Å²) in [6.45, 7) is 22.1. The van der Waals surface area contributed by atoms with Crippen LogP contribution in [0.3, 0.4) is 0 Å². The van der Waals surface area contributed by atoms with E-state index < -0.39 is 5.41 Å². The minimum atomic E-state index is -0.795. The number of hydrogen-bond donors (Lipinski definition) is 0. The molecule has 4 heterocycles. The zero-order valence-electron chi connectivity index (χ0n) is 35.0. The summed E-state index contributed by atoms with van der Waals surface area (Å²) in [5, 5.41) is 5.23. The molecule has 0 saturated heterocycles. The maximum absolute atomic E-state index is 5.23. The molecule has 292 valence electrons. The maximum atomic E-state index is 5.23. The fraction of sp³-hybridized carbons (Fsp3) is 0.250. The smallest absolute Gasteiger partial charge is 0.385 e. The standard InChI is InChI=1S/C52H49N5.Pt/c1-32-34(3)56-31-40(29-44(49(56)54-32)47-30-37(24-25-53-47)50(5,6)7)52(45-22-16-14-20-42(45)43-21-15-17-23-46(43)52)39-26-38(51(8,9)10)27-41(28-39)57-35(4)48(33(2)55-57)36-18-12-11-13-19-36;/h11-27,30-31H,1-10H3;/q-2;+2. The summed E-state index contributed by atoms with van der Waals surface area (Å²) in [6, 6.07) is 45.5. The maximum Gasteiger partial charge on any atom is 2.00 e. The molecule has 0 unspecified atom stereocenters. The minimum absolute atomic E-state index is 0. The molecule has 1 aliphatic carbocycles. The summed E-state index contributed by atoms with van der Waals surface area (Å²) < 4.78 is 4.36. The summed E-state index contributed by atoms with van der Waals surface area (Å²) in [5.74, 6) is 0. The summed E-state index contributed by atoms with van der Waals surface area (Å²) in [7, 11) is 0. The van der Waals surface area contributed by atoms with Crippen molar-refractivity contribution in [2.24, 2.45) is 0 Å². The van der Waals surface area contributed by atoms with Crippen molar-refractivity contribution in [3.8, 4) is 39.2 Å². The van der Waals surface area contributed by atoms with E-state index in [1.165, 1.54) is 33.4 Å². The Morgan fingerprint density at radius 3 is 1.88 bits per heavy atom. The Labute approximate surface area is 357 Å². The Morgan fingerprint density at radius 2 is 1.24 bits per heavy atom. The van der Waals surface area contributed by atoms with Gasteiger partial charge in [0.15, 0.2) is 0 Å². The molecular weight excluding hydrogens is 890 g/mol. The number of benzene rings is 4. The molecule has 0 amide bonds. The Balaban J connectivity index is 0.00000469. The predicted octanol–water partition coefficient (Wildman–Crippen LogP) is 12.0. The number of imidazole rings is 1. The van der Waals surface area contributed by atoms with E-state index in [0.29, 0.717) is 0 Å². The van der Waals surface area contributed by atoms with Gasteiger partial charge in [-0.25, -0.2) is 0 Å².